The van der Waals surface area contributed by atoms with Crippen LogP contribution in [0.25, 0.3) is 0 Å². The zero-order valence-corrected chi connectivity index (χ0v) is 18.2. The zero-order chi connectivity index (χ0) is 24.7. The number of carbonyl (C=O) groups excluding carboxylic acids is 2. The molecular weight excluding hydrogens is 475 g/mol. The number of amides is 3. The third-order valence-electron chi connectivity index (χ3n) is 4.27. The van der Waals surface area contributed by atoms with Crippen molar-refractivity contribution in [2.24, 2.45) is 5.73 Å². The van der Waals surface area contributed by atoms with Gasteiger partial charge in [-0.3, -0.25) is 9.78 Å². The van der Waals surface area contributed by atoms with Crippen molar-refractivity contribution in [2.75, 3.05) is 23.7 Å². The second-order valence-electron chi connectivity index (χ2n) is 6.82. The molecule has 8 nitrogen and oxygen atoms in total. The van der Waals surface area contributed by atoms with Gasteiger partial charge >= 0.3 is 12.2 Å². The van der Waals surface area contributed by atoms with Crippen LogP contribution in [0.4, 0.5) is 29.3 Å². The van der Waals surface area contributed by atoms with E-state index in [1.54, 1.807) is 18.2 Å². The topological polar surface area (TPSA) is 118 Å². The highest BCUT2D eigenvalue weighted by molar-refractivity contribution is 6.31. The molecule has 0 aliphatic heterocycles. The van der Waals surface area contributed by atoms with E-state index >= 15 is 0 Å². The highest BCUT2D eigenvalue weighted by atomic mass is 35.5. The molecule has 3 rings (SSSR count). The molecule has 0 atom stereocenters. The minimum Gasteiger partial charge on any atom is -0.457 e. The normalized spacial score (nSPS) is 11.0. The Morgan fingerprint density at radius 3 is 2.32 bits per heavy atom. The van der Waals surface area contributed by atoms with Gasteiger partial charge in [0.2, 0.25) is 0 Å². The fourth-order valence-electron chi connectivity index (χ4n) is 2.73. The van der Waals surface area contributed by atoms with Gasteiger partial charge in [0.1, 0.15) is 17.2 Å². The maximum atomic E-state index is 13.0. The summed E-state index contributed by atoms with van der Waals surface area (Å²) in [6.45, 7) is 0.615. The van der Waals surface area contributed by atoms with Gasteiger partial charge in [0.15, 0.2) is 0 Å². The van der Waals surface area contributed by atoms with Crippen LogP contribution in [0.3, 0.4) is 0 Å². The summed E-state index contributed by atoms with van der Waals surface area (Å²) in [5, 5.41) is 6.97. The van der Waals surface area contributed by atoms with E-state index < -0.39 is 22.8 Å². The molecule has 0 saturated carbocycles. The minimum atomic E-state index is -4.65. The van der Waals surface area contributed by atoms with Gasteiger partial charge in [0, 0.05) is 36.7 Å². The van der Waals surface area contributed by atoms with E-state index in [9.17, 15) is 22.8 Å². The van der Waals surface area contributed by atoms with Crippen LogP contribution in [-0.4, -0.2) is 30.0 Å². The molecule has 12 heteroatoms. The Balaban J connectivity index is 1.60. The highest BCUT2D eigenvalue weighted by Crippen LogP contribution is 2.36. The summed E-state index contributed by atoms with van der Waals surface area (Å²) in [7, 11) is 0. The van der Waals surface area contributed by atoms with Crippen LogP contribution in [0.5, 0.6) is 11.5 Å². The van der Waals surface area contributed by atoms with Gasteiger partial charge in [-0.2, -0.15) is 13.2 Å². The second kappa shape index (κ2) is 10.9. The molecule has 1 heterocycles. The quantitative estimate of drug-likeness (QED) is 0.374. The number of nitrogens with two attached hydrogens (primary N) is 1. The maximum Gasteiger partial charge on any atom is 0.417 e. The van der Waals surface area contributed by atoms with Gasteiger partial charge in [-0.25, -0.2) is 4.79 Å². The first-order valence-corrected chi connectivity index (χ1v) is 10.2. The van der Waals surface area contributed by atoms with E-state index in [0.29, 0.717) is 30.3 Å². The van der Waals surface area contributed by atoms with Crippen molar-refractivity contribution in [3.05, 3.63) is 77.1 Å². The van der Waals surface area contributed by atoms with Crippen molar-refractivity contribution >= 4 is 34.9 Å². The SMILES string of the molecule is NCCNC(=O)c1cc(Oc2ccc(NC(=O)Nc3ccc(Cl)c(C(F)(F)F)c3)cc2)ccn1. The number of hydrogen-bond acceptors (Lipinski definition) is 5. The molecule has 178 valence electrons. The number of halogens is 4. The van der Waals surface area contributed by atoms with Crippen LogP contribution >= 0.6 is 11.6 Å². The predicted octanol–water partition coefficient (Wildman–Crippen LogP) is 4.88. The van der Waals surface area contributed by atoms with Crippen LogP contribution < -0.4 is 26.4 Å². The summed E-state index contributed by atoms with van der Waals surface area (Å²) in [4.78, 5) is 28.1. The van der Waals surface area contributed by atoms with Crippen molar-refractivity contribution in [3.63, 3.8) is 0 Å². The lowest BCUT2D eigenvalue weighted by atomic mass is 10.2. The second-order valence-corrected chi connectivity index (χ2v) is 7.23. The summed E-state index contributed by atoms with van der Waals surface area (Å²) < 4.78 is 44.6. The molecule has 0 unspecified atom stereocenters. The average Bonchev–Trinajstić information content (AvgIpc) is 2.79. The van der Waals surface area contributed by atoms with Crippen molar-refractivity contribution in [3.8, 4) is 11.5 Å². The molecule has 1 aromatic heterocycles. The number of nitrogens with one attached hydrogen (secondary N) is 3. The van der Waals surface area contributed by atoms with Gasteiger partial charge < -0.3 is 26.4 Å². The van der Waals surface area contributed by atoms with Gasteiger partial charge in [0.05, 0.1) is 10.6 Å². The van der Waals surface area contributed by atoms with Crippen LogP contribution in [0.15, 0.2) is 60.8 Å². The number of carbonyl (C=O) groups is 2. The molecule has 0 bridgehead atoms. The van der Waals surface area contributed by atoms with Gasteiger partial charge in [-0.15, -0.1) is 0 Å². The number of nitrogens with zero attached hydrogens (tertiary/aromatic N) is 1. The Bertz CT molecular complexity index is 1170. The third kappa shape index (κ3) is 6.83. The van der Waals surface area contributed by atoms with Crippen molar-refractivity contribution in [1.82, 2.24) is 10.3 Å². The van der Waals surface area contributed by atoms with E-state index in [-0.39, 0.29) is 17.3 Å². The molecular formula is C22H19ClF3N5O3. The molecule has 5 N–H and O–H groups in total. The predicted molar refractivity (Wildman–Crippen MR) is 121 cm³/mol. The first kappa shape index (κ1) is 24.8. The first-order valence-electron chi connectivity index (χ1n) is 9.82. The largest absolute Gasteiger partial charge is 0.457 e. The number of benzene rings is 2. The Kier molecular flexibility index (Phi) is 7.92. The average molecular weight is 494 g/mol. The van der Waals surface area contributed by atoms with Crippen molar-refractivity contribution < 1.29 is 27.5 Å². The minimum absolute atomic E-state index is 0.0711. The van der Waals surface area contributed by atoms with Crippen LogP contribution in [0.1, 0.15) is 16.1 Å². The number of aromatic nitrogens is 1. The van der Waals surface area contributed by atoms with Gasteiger partial charge in [0.25, 0.3) is 5.91 Å². The Hall–Kier alpha value is -3.83. The Morgan fingerprint density at radius 1 is 0.971 bits per heavy atom. The van der Waals surface area contributed by atoms with E-state index in [2.05, 4.69) is 20.9 Å². The highest BCUT2D eigenvalue weighted by Gasteiger charge is 2.33. The Morgan fingerprint density at radius 2 is 1.65 bits per heavy atom. The number of pyridine rings is 1. The van der Waals surface area contributed by atoms with Crippen LogP contribution in [0.2, 0.25) is 5.02 Å². The number of hydrogen-bond donors (Lipinski definition) is 4. The van der Waals surface area contributed by atoms with Crippen molar-refractivity contribution in [1.29, 1.82) is 0 Å². The van der Waals surface area contributed by atoms with Gasteiger partial charge in [-0.05, 0) is 48.5 Å². The first-order chi connectivity index (χ1) is 16.2. The maximum absolute atomic E-state index is 13.0. The molecule has 3 amide bonds. The van der Waals surface area contributed by atoms with Gasteiger partial charge in [-0.1, -0.05) is 11.6 Å². The van der Waals surface area contributed by atoms with E-state index in [4.69, 9.17) is 22.1 Å². The van der Waals surface area contributed by atoms with Crippen molar-refractivity contribution in [2.45, 2.75) is 6.18 Å². The molecule has 2 aromatic carbocycles. The summed E-state index contributed by atoms with van der Waals surface area (Å²) in [6, 6.07) is 11.5. The third-order valence-corrected chi connectivity index (χ3v) is 4.60. The molecule has 0 spiro atoms. The summed E-state index contributed by atoms with van der Waals surface area (Å²) in [5.41, 5.74) is 4.77. The molecule has 3 aromatic rings. The molecule has 0 aliphatic carbocycles. The van der Waals surface area contributed by atoms with Crippen LogP contribution in [-0.2, 0) is 6.18 Å². The lowest BCUT2D eigenvalue weighted by Gasteiger charge is -2.12. The summed E-state index contributed by atoms with van der Waals surface area (Å²) >= 11 is 5.58. The summed E-state index contributed by atoms with van der Waals surface area (Å²) in [5.74, 6) is 0.400. The smallest absolute Gasteiger partial charge is 0.417 e. The number of alkyl halides is 3. The summed E-state index contributed by atoms with van der Waals surface area (Å²) in [6.07, 6.45) is -3.22. The molecule has 0 saturated heterocycles. The molecule has 0 aliphatic rings. The van der Waals surface area contributed by atoms with Crippen LogP contribution in [0, 0.1) is 0 Å². The van der Waals surface area contributed by atoms with E-state index in [1.807, 2.05) is 0 Å². The standard InChI is InChI=1S/C22H19ClF3N5O3/c23-18-6-3-14(11-17(18)22(24,25)26)31-21(33)30-13-1-4-15(5-2-13)34-16-7-9-28-19(12-16)20(32)29-10-8-27/h1-7,9,11-12H,8,10,27H2,(H,29,32)(H2,30,31,33). The molecule has 34 heavy (non-hydrogen) atoms. The fourth-order valence-corrected chi connectivity index (χ4v) is 2.96. The van der Waals surface area contributed by atoms with E-state index in [1.165, 1.54) is 30.5 Å². The van der Waals surface area contributed by atoms with E-state index in [0.717, 1.165) is 12.1 Å². The number of ether oxygens (including phenoxy) is 1. The number of anilines is 2. The number of rotatable bonds is 7. The monoisotopic (exact) mass is 493 g/mol. The molecule has 0 fully saturated rings. The number of urea groups is 1. The lowest BCUT2D eigenvalue weighted by molar-refractivity contribution is -0.137. The zero-order valence-electron chi connectivity index (χ0n) is 17.4. The Labute approximate surface area is 197 Å². The lowest BCUT2D eigenvalue weighted by Crippen LogP contribution is -2.29. The fraction of sp³-hybridized carbons (Fsp3) is 0.136. The molecule has 0 radical (unpaired) electrons.